The van der Waals surface area contributed by atoms with Crippen LogP contribution in [0.1, 0.15) is 64.1 Å². The summed E-state index contributed by atoms with van der Waals surface area (Å²) in [6.07, 6.45) is 6.48. The summed E-state index contributed by atoms with van der Waals surface area (Å²) in [5.74, 6) is -1.75. The molecular formula is C23H23FN2O3S. The minimum absolute atomic E-state index is 0.148. The predicted octanol–water partition coefficient (Wildman–Crippen LogP) is 4.81. The predicted molar refractivity (Wildman–Crippen MR) is 116 cm³/mol. The van der Waals surface area contributed by atoms with Gasteiger partial charge in [-0.2, -0.15) is 0 Å². The van der Waals surface area contributed by atoms with Gasteiger partial charge in [-0.15, -0.1) is 11.3 Å². The molecule has 2 aliphatic carbocycles. The molecule has 5 rings (SSSR count). The number of hydrogen-bond acceptors (Lipinski definition) is 4. The molecule has 1 aromatic carbocycles. The second-order valence-electron chi connectivity index (χ2n) is 8.29. The summed E-state index contributed by atoms with van der Waals surface area (Å²) in [7, 11) is 1.95. The van der Waals surface area contributed by atoms with Gasteiger partial charge in [0.15, 0.2) is 0 Å². The number of fused-ring (bicyclic) bond motifs is 2. The first kappa shape index (κ1) is 19.5. The van der Waals surface area contributed by atoms with Crippen molar-refractivity contribution in [3.8, 4) is 10.4 Å². The molecule has 0 aliphatic heterocycles. The number of aromatic carboxylic acids is 1. The summed E-state index contributed by atoms with van der Waals surface area (Å²) >= 11 is 1.63. The van der Waals surface area contributed by atoms with Gasteiger partial charge in [-0.05, 0) is 69.3 Å². The number of benzene rings is 1. The Balaban J connectivity index is 1.78. The second-order valence-corrected chi connectivity index (χ2v) is 9.43. The summed E-state index contributed by atoms with van der Waals surface area (Å²) in [5.41, 5.74) is 2.19. The summed E-state index contributed by atoms with van der Waals surface area (Å²) in [4.78, 5) is 26.5. The third-order valence-corrected chi connectivity index (χ3v) is 7.62. The van der Waals surface area contributed by atoms with Crippen LogP contribution in [0.4, 0.5) is 4.39 Å². The van der Waals surface area contributed by atoms with Gasteiger partial charge in [-0.25, -0.2) is 9.18 Å². The number of thiophene rings is 1. The first-order chi connectivity index (χ1) is 14.4. The van der Waals surface area contributed by atoms with Gasteiger partial charge < -0.3 is 15.0 Å². The number of nitrogens with one attached hydrogen (secondary N) is 1. The number of pyridine rings is 1. The van der Waals surface area contributed by atoms with Gasteiger partial charge in [0.25, 0.3) is 0 Å². The molecule has 7 heteroatoms. The Labute approximate surface area is 177 Å². The van der Waals surface area contributed by atoms with Gasteiger partial charge in [0.05, 0.1) is 5.52 Å². The maximum Gasteiger partial charge on any atom is 0.341 e. The van der Waals surface area contributed by atoms with Crippen LogP contribution < -0.4 is 10.7 Å². The molecule has 2 heterocycles. The van der Waals surface area contributed by atoms with E-state index in [1.807, 2.05) is 18.5 Å². The lowest BCUT2D eigenvalue weighted by Gasteiger charge is -2.21. The fourth-order valence-corrected chi connectivity index (χ4v) is 6.12. The number of halogens is 1. The lowest BCUT2D eigenvalue weighted by atomic mass is 9.93. The smallest absolute Gasteiger partial charge is 0.341 e. The van der Waals surface area contributed by atoms with E-state index in [0.717, 1.165) is 37.0 Å². The fourth-order valence-electron chi connectivity index (χ4n) is 4.75. The van der Waals surface area contributed by atoms with E-state index in [1.54, 1.807) is 11.3 Å². The highest BCUT2D eigenvalue weighted by Crippen LogP contribution is 2.44. The average molecular weight is 427 g/mol. The maximum absolute atomic E-state index is 15.4. The first-order valence-electron chi connectivity index (χ1n) is 10.3. The normalized spacial score (nSPS) is 18.6. The zero-order valence-electron chi connectivity index (χ0n) is 16.9. The van der Waals surface area contributed by atoms with Crippen LogP contribution in [-0.4, -0.2) is 22.7 Å². The fraction of sp³-hybridized carbons (Fsp3) is 0.391. The summed E-state index contributed by atoms with van der Waals surface area (Å²) in [6, 6.07) is 3.77. The van der Waals surface area contributed by atoms with E-state index in [0.29, 0.717) is 16.6 Å². The number of nitrogens with zero attached hydrogens (tertiary/aromatic N) is 1. The Morgan fingerprint density at radius 1 is 1.30 bits per heavy atom. The molecule has 2 aromatic heterocycles. The van der Waals surface area contributed by atoms with Crippen LogP contribution in [-0.2, 0) is 6.42 Å². The quantitative estimate of drug-likeness (QED) is 0.628. The minimum Gasteiger partial charge on any atom is -0.477 e. The lowest BCUT2D eigenvalue weighted by molar-refractivity contribution is 0.0695. The average Bonchev–Trinajstić information content (AvgIpc) is 3.46. The van der Waals surface area contributed by atoms with Gasteiger partial charge in [0.1, 0.15) is 11.4 Å². The molecule has 0 spiro atoms. The van der Waals surface area contributed by atoms with E-state index >= 15 is 4.39 Å². The van der Waals surface area contributed by atoms with Gasteiger partial charge >= 0.3 is 5.97 Å². The second kappa shape index (κ2) is 7.03. The molecule has 2 aliphatic rings. The maximum atomic E-state index is 15.4. The van der Waals surface area contributed by atoms with Crippen LogP contribution in [0.2, 0.25) is 0 Å². The van der Waals surface area contributed by atoms with E-state index < -0.39 is 17.2 Å². The number of carboxylic acid groups (broad SMARTS) is 1. The van der Waals surface area contributed by atoms with E-state index in [4.69, 9.17) is 0 Å². The molecule has 2 N–H and O–H groups in total. The van der Waals surface area contributed by atoms with E-state index in [2.05, 4.69) is 11.4 Å². The zero-order chi connectivity index (χ0) is 21.2. The molecule has 5 nitrogen and oxygen atoms in total. The van der Waals surface area contributed by atoms with Crippen molar-refractivity contribution in [1.82, 2.24) is 9.88 Å². The molecule has 1 fully saturated rings. The van der Waals surface area contributed by atoms with Crippen molar-refractivity contribution in [3.05, 3.63) is 55.9 Å². The first-order valence-corrected chi connectivity index (χ1v) is 11.1. The van der Waals surface area contributed by atoms with Crippen LogP contribution in [0, 0.1) is 12.7 Å². The lowest BCUT2D eigenvalue weighted by Crippen LogP contribution is -2.20. The number of hydrogen-bond donors (Lipinski definition) is 2. The number of rotatable bonds is 4. The molecule has 156 valence electrons. The van der Waals surface area contributed by atoms with E-state index in [1.165, 1.54) is 22.7 Å². The largest absolute Gasteiger partial charge is 0.477 e. The van der Waals surface area contributed by atoms with Gasteiger partial charge in [0.2, 0.25) is 5.43 Å². The molecule has 1 unspecified atom stereocenters. The topological polar surface area (TPSA) is 71.3 Å². The van der Waals surface area contributed by atoms with Crippen LogP contribution in [0.5, 0.6) is 0 Å². The summed E-state index contributed by atoms with van der Waals surface area (Å²) in [5, 5.41) is 13.0. The summed E-state index contributed by atoms with van der Waals surface area (Å²) in [6.45, 7) is 1.84. The van der Waals surface area contributed by atoms with Crippen molar-refractivity contribution in [2.45, 2.75) is 51.1 Å². The van der Waals surface area contributed by atoms with Crippen molar-refractivity contribution in [2.75, 3.05) is 7.05 Å². The van der Waals surface area contributed by atoms with Crippen molar-refractivity contribution >= 4 is 28.2 Å². The van der Waals surface area contributed by atoms with Crippen molar-refractivity contribution in [2.24, 2.45) is 0 Å². The highest BCUT2D eigenvalue weighted by atomic mass is 32.1. The van der Waals surface area contributed by atoms with Crippen LogP contribution >= 0.6 is 11.3 Å². The standard InChI is InChI=1S/C23H23FN2O3S/c1-11-20(19-9-13-17(25-2)4-3-5-18(13)30-19)16(24)8-14-21(11)26(12-6-7-12)10-15(22(14)27)23(28)29/h8-10,12,17,25H,3-7H2,1-2H3,(H,28,29). The van der Waals surface area contributed by atoms with Crippen LogP contribution in [0.3, 0.4) is 0 Å². The van der Waals surface area contributed by atoms with E-state index in [9.17, 15) is 14.7 Å². The molecule has 0 bridgehead atoms. The molecular weight excluding hydrogens is 403 g/mol. The number of aromatic nitrogens is 1. The third kappa shape index (κ3) is 2.91. The molecule has 1 saturated carbocycles. The van der Waals surface area contributed by atoms with Crippen molar-refractivity contribution in [1.29, 1.82) is 0 Å². The van der Waals surface area contributed by atoms with Crippen LogP contribution in [0.25, 0.3) is 21.3 Å². The Kier molecular flexibility index (Phi) is 4.56. The molecule has 1 atom stereocenters. The van der Waals surface area contributed by atoms with Crippen LogP contribution in [0.15, 0.2) is 23.1 Å². The Morgan fingerprint density at radius 3 is 2.73 bits per heavy atom. The highest BCUT2D eigenvalue weighted by molar-refractivity contribution is 7.15. The Morgan fingerprint density at radius 2 is 2.07 bits per heavy atom. The van der Waals surface area contributed by atoms with Gasteiger partial charge in [-0.3, -0.25) is 4.79 Å². The SMILES string of the molecule is CNC1CCCc2sc(-c3c(F)cc4c(=O)c(C(=O)O)cn(C5CC5)c4c3C)cc21. The molecule has 3 aromatic rings. The number of carbonyl (C=O) groups is 1. The van der Waals surface area contributed by atoms with Gasteiger partial charge in [-0.1, -0.05) is 0 Å². The van der Waals surface area contributed by atoms with Crippen molar-refractivity contribution in [3.63, 3.8) is 0 Å². The van der Waals surface area contributed by atoms with E-state index in [-0.39, 0.29) is 23.0 Å². The third-order valence-electron chi connectivity index (χ3n) is 6.39. The van der Waals surface area contributed by atoms with Gasteiger partial charge in [0, 0.05) is 39.0 Å². The Hall–Kier alpha value is -2.51. The molecule has 30 heavy (non-hydrogen) atoms. The monoisotopic (exact) mass is 426 g/mol. The molecule has 0 radical (unpaired) electrons. The molecule has 0 amide bonds. The number of aryl methyl sites for hydroxylation is 2. The minimum atomic E-state index is -1.28. The number of carboxylic acids is 1. The zero-order valence-corrected chi connectivity index (χ0v) is 17.7. The highest BCUT2D eigenvalue weighted by Gasteiger charge is 2.30. The molecule has 0 saturated heterocycles. The van der Waals surface area contributed by atoms with Crippen molar-refractivity contribution < 1.29 is 14.3 Å². The summed E-state index contributed by atoms with van der Waals surface area (Å²) < 4.78 is 17.2. The Bertz CT molecular complexity index is 1260.